The standard InChI is InChI=1S/C21H35N7O/c1-3-22-21(24-18-10-15-27(16-11-18)13-7-17-29-2)23-12-6-9-20-26-25-19-8-4-5-14-28(19)20/h4-5,8,14,18H,3,6-7,9-13,15-17H2,1-2H3,(H2,22,23,24). The number of methoxy groups -OCH3 is 1. The Morgan fingerprint density at radius 1 is 1.24 bits per heavy atom. The fraction of sp³-hybridized carbons (Fsp3) is 0.667. The maximum Gasteiger partial charge on any atom is 0.191 e. The first-order valence-electron chi connectivity index (χ1n) is 10.8. The number of rotatable bonds is 10. The number of hydrogen-bond donors (Lipinski definition) is 2. The van der Waals surface area contributed by atoms with Crippen molar-refractivity contribution >= 4 is 11.6 Å². The third kappa shape index (κ3) is 6.68. The largest absolute Gasteiger partial charge is 0.385 e. The molecule has 8 nitrogen and oxygen atoms in total. The van der Waals surface area contributed by atoms with Gasteiger partial charge in [-0.15, -0.1) is 10.2 Å². The van der Waals surface area contributed by atoms with Gasteiger partial charge in [0.25, 0.3) is 0 Å². The molecule has 0 atom stereocenters. The van der Waals surface area contributed by atoms with E-state index >= 15 is 0 Å². The first-order chi connectivity index (χ1) is 14.3. The molecule has 0 spiro atoms. The van der Waals surface area contributed by atoms with Crippen LogP contribution < -0.4 is 10.6 Å². The smallest absolute Gasteiger partial charge is 0.191 e. The molecule has 8 heteroatoms. The number of fused-ring (bicyclic) bond motifs is 1. The van der Waals surface area contributed by atoms with Crippen molar-refractivity contribution in [3.63, 3.8) is 0 Å². The molecule has 0 saturated carbocycles. The molecule has 1 saturated heterocycles. The van der Waals surface area contributed by atoms with Gasteiger partial charge in [0.15, 0.2) is 11.6 Å². The minimum absolute atomic E-state index is 0.493. The van der Waals surface area contributed by atoms with Crippen molar-refractivity contribution in [3.05, 3.63) is 30.2 Å². The first kappa shape index (κ1) is 21.5. The van der Waals surface area contributed by atoms with Crippen LogP contribution in [0.5, 0.6) is 0 Å². The van der Waals surface area contributed by atoms with Gasteiger partial charge in [-0.05, 0) is 44.7 Å². The van der Waals surface area contributed by atoms with E-state index in [2.05, 4.69) is 32.7 Å². The average Bonchev–Trinajstić information content (AvgIpc) is 3.16. The molecule has 0 amide bonds. The van der Waals surface area contributed by atoms with Gasteiger partial charge in [-0.2, -0.15) is 0 Å². The summed E-state index contributed by atoms with van der Waals surface area (Å²) in [4.78, 5) is 7.31. The molecule has 29 heavy (non-hydrogen) atoms. The van der Waals surface area contributed by atoms with Gasteiger partial charge in [0.05, 0.1) is 0 Å². The normalized spacial score (nSPS) is 16.4. The monoisotopic (exact) mass is 401 g/mol. The van der Waals surface area contributed by atoms with Gasteiger partial charge in [0.2, 0.25) is 0 Å². The number of aliphatic imine (C=N–C) groups is 1. The van der Waals surface area contributed by atoms with E-state index in [9.17, 15) is 0 Å². The van der Waals surface area contributed by atoms with Crippen LogP contribution in [0.1, 0.15) is 38.4 Å². The Balaban J connectivity index is 1.41. The van der Waals surface area contributed by atoms with Crippen LogP contribution in [-0.4, -0.2) is 77.9 Å². The minimum atomic E-state index is 0.493. The highest BCUT2D eigenvalue weighted by Crippen LogP contribution is 2.11. The molecule has 1 aliphatic rings. The number of guanidine groups is 1. The molecule has 0 aromatic carbocycles. The lowest BCUT2D eigenvalue weighted by atomic mass is 10.1. The van der Waals surface area contributed by atoms with E-state index in [0.717, 1.165) is 88.9 Å². The summed E-state index contributed by atoms with van der Waals surface area (Å²) in [5.74, 6) is 1.92. The topological polar surface area (TPSA) is 79.1 Å². The number of hydrogen-bond acceptors (Lipinski definition) is 5. The van der Waals surface area contributed by atoms with Crippen LogP contribution in [0.4, 0.5) is 0 Å². The quantitative estimate of drug-likeness (QED) is 0.359. The summed E-state index contributed by atoms with van der Waals surface area (Å²) in [6.07, 6.45) is 7.26. The van der Waals surface area contributed by atoms with Gasteiger partial charge in [-0.25, -0.2) is 0 Å². The van der Waals surface area contributed by atoms with Crippen molar-refractivity contribution in [2.75, 3.05) is 46.4 Å². The summed E-state index contributed by atoms with van der Waals surface area (Å²) in [7, 11) is 1.77. The van der Waals surface area contributed by atoms with Crippen LogP contribution in [-0.2, 0) is 11.2 Å². The molecule has 3 rings (SSSR count). The summed E-state index contributed by atoms with van der Waals surface area (Å²) in [6, 6.07) is 6.46. The van der Waals surface area contributed by atoms with E-state index in [1.165, 1.54) is 0 Å². The van der Waals surface area contributed by atoms with Crippen molar-refractivity contribution in [2.45, 2.75) is 45.1 Å². The summed E-state index contributed by atoms with van der Waals surface area (Å²) in [6.45, 7) is 8.01. The first-order valence-corrected chi connectivity index (χ1v) is 10.8. The van der Waals surface area contributed by atoms with Crippen molar-refractivity contribution in [1.29, 1.82) is 0 Å². The molecule has 2 aromatic heterocycles. The predicted molar refractivity (Wildman–Crippen MR) is 116 cm³/mol. The number of ether oxygens (including phenoxy) is 1. The summed E-state index contributed by atoms with van der Waals surface area (Å²) in [5.41, 5.74) is 0.898. The minimum Gasteiger partial charge on any atom is -0.385 e. The van der Waals surface area contributed by atoms with Crippen LogP contribution in [0.3, 0.4) is 0 Å². The molecule has 2 N–H and O–H groups in total. The molecule has 1 fully saturated rings. The van der Waals surface area contributed by atoms with Crippen LogP contribution in [0, 0.1) is 0 Å². The van der Waals surface area contributed by atoms with Gasteiger partial charge in [0, 0.05) is 65.1 Å². The molecule has 0 aliphatic carbocycles. The second-order valence-corrected chi connectivity index (χ2v) is 7.52. The van der Waals surface area contributed by atoms with Crippen molar-refractivity contribution < 1.29 is 4.74 Å². The maximum atomic E-state index is 5.15. The summed E-state index contributed by atoms with van der Waals surface area (Å²) >= 11 is 0. The highest BCUT2D eigenvalue weighted by atomic mass is 16.5. The molecule has 0 radical (unpaired) electrons. The van der Waals surface area contributed by atoms with E-state index in [1.54, 1.807) is 7.11 Å². The number of aryl methyl sites for hydroxylation is 1. The molecule has 160 valence electrons. The predicted octanol–water partition coefficient (Wildman–Crippen LogP) is 1.72. The van der Waals surface area contributed by atoms with E-state index < -0.39 is 0 Å². The lowest BCUT2D eigenvalue weighted by molar-refractivity contribution is 0.155. The van der Waals surface area contributed by atoms with Crippen LogP contribution in [0.25, 0.3) is 5.65 Å². The zero-order valence-corrected chi connectivity index (χ0v) is 17.8. The zero-order valence-electron chi connectivity index (χ0n) is 17.8. The Morgan fingerprint density at radius 2 is 2.10 bits per heavy atom. The SMILES string of the molecule is CCNC(=NCCCc1nnc2ccccn12)NC1CCN(CCCOC)CC1. The van der Waals surface area contributed by atoms with E-state index in [4.69, 9.17) is 9.73 Å². The van der Waals surface area contributed by atoms with E-state index in [-0.39, 0.29) is 0 Å². The Hall–Kier alpha value is -2.19. The Bertz CT molecular complexity index is 752. The van der Waals surface area contributed by atoms with Gasteiger partial charge < -0.3 is 20.3 Å². The van der Waals surface area contributed by atoms with Crippen molar-refractivity contribution in [1.82, 2.24) is 30.1 Å². The number of likely N-dealkylation sites (tertiary alicyclic amines) is 1. The number of nitrogens with one attached hydrogen (secondary N) is 2. The molecular formula is C21H35N7O. The third-order valence-electron chi connectivity index (χ3n) is 5.31. The maximum absolute atomic E-state index is 5.15. The molecule has 0 bridgehead atoms. The summed E-state index contributed by atoms with van der Waals surface area (Å²) in [5, 5.41) is 15.5. The lowest BCUT2D eigenvalue weighted by Gasteiger charge is -2.33. The zero-order chi connectivity index (χ0) is 20.3. The number of piperidine rings is 1. The highest BCUT2D eigenvalue weighted by molar-refractivity contribution is 5.80. The lowest BCUT2D eigenvalue weighted by Crippen LogP contribution is -2.48. The van der Waals surface area contributed by atoms with Crippen LogP contribution in [0.15, 0.2) is 29.4 Å². The number of aromatic nitrogens is 3. The van der Waals surface area contributed by atoms with Gasteiger partial charge in [0.1, 0.15) is 5.82 Å². The van der Waals surface area contributed by atoms with Crippen molar-refractivity contribution in [2.24, 2.45) is 4.99 Å². The fourth-order valence-electron chi connectivity index (χ4n) is 3.74. The van der Waals surface area contributed by atoms with Crippen LogP contribution in [0.2, 0.25) is 0 Å². The molecule has 2 aromatic rings. The van der Waals surface area contributed by atoms with Gasteiger partial charge >= 0.3 is 0 Å². The number of nitrogens with zero attached hydrogens (tertiary/aromatic N) is 5. The van der Waals surface area contributed by atoms with Crippen molar-refractivity contribution in [3.8, 4) is 0 Å². The molecule has 0 unspecified atom stereocenters. The Kier molecular flexibility index (Phi) is 8.70. The molecule has 1 aliphatic heterocycles. The second kappa shape index (κ2) is 11.7. The molecular weight excluding hydrogens is 366 g/mol. The van der Waals surface area contributed by atoms with E-state index in [0.29, 0.717) is 6.04 Å². The summed E-state index contributed by atoms with van der Waals surface area (Å²) < 4.78 is 7.20. The van der Waals surface area contributed by atoms with E-state index in [1.807, 2.05) is 28.8 Å². The Morgan fingerprint density at radius 3 is 2.90 bits per heavy atom. The molecule has 3 heterocycles. The van der Waals surface area contributed by atoms with Gasteiger partial charge in [-0.1, -0.05) is 6.07 Å². The highest BCUT2D eigenvalue weighted by Gasteiger charge is 2.19. The average molecular weight is 402 g/mol. The number of pyridine rings is 1. The third-order valence-corrected chi connectivity index (χ3v) is 5.31. The fourth-order valence-corrected chi connectivity index (χ4v) is 3.74. The van der Waals surface area contributed by atoms with Crippen LogP contribution >= 0.6 is 0 Å². The second-order valence-electron chi connectivity index (χ2n) is 7.52. The van der Waals surface area contributed by atoms with Gasteiger partial charge in [-0.3, -0.25) is 9.39 Å². The Labute approximate surface area is 173 Å².